The number of amides is 1. The highest BCUT2D eigenvalue weighted by Gasteiger charge is 2.22. The zero-order valence-corrected chi connectivity index (χ0v) is 18.9. The number of aromatic nitrogens is 3. The Morgan fingerprint density at radius 1 is 0.970 bits per heavy atom. The third-order valence-corrected chi connectivity index (χ3v) is 6.15. The second-order valence-corrected chi connectivity index (χ2v) is 8.65. The van der Waals surface area contributed by atoms with Crippen LogP contribution in [0.1, 0.15) is 11.4 Å². The fourth-order valence-corrected chi connectivity index (χ4v) is 4.45. The molecule has 4 aromatic rings. The van der Waals surface area contributed by atoms with Gasteiger partial charge in [0.1, 0.15) is 0 Å². The number of carbonyl (C=O) groups excluding carboxylic acids is 1. The van der Waals surface area contributed by atoms with E-state index in [0.717, 1.165) is 60.6 Å². The van der Waals surface area contributed by atoms with Gasteiger partial charge in [0, 0.05) is 66.0 Å². The first kappa shape index (κ1) is 21.4. The van der Waals surface area contributed by atoms with E-state index in [0.29, 0.717) is 17.3 Å². The summed E-state index contributed by atoms with van der Waals surface area (Å²) in [4.78, 5) is 20.1. The fourth-order valence-electron chi connectivity index (χ4n) is 4.25. The highest BCUT2D eigenvalue weighted by Crippen LogP contribution is 2.27. The fraction of sp³-hybridized carbons (Fsp3) is 0.240. The van der Waals surface area contributed by atoms with E-state index in [2.05, 4.69) is 48.5 Å². The molecular weight excluding hydrogens is 436 g/mol. The van der Waals surface area contributed by atoms with Crippen LogP contribution < -0.4 is 10.2 Å². The van der Waals surface area contributed by atoms with Crippen molar-refractivity contribution in [2.75, 3.05) is 42.9 Å². The summed E-state index contributed by atoms with van der Waals surface area (Å²) in [5.74, 6) is 0.869. The van der Waals surface area contributed by atoms with E-state index in [1.807, 2.05) is 36.5 Å². The van der Waals surface area contributed by atoms with E-state index >= 15 is 0 Å². The lowest BCUT2D eigenvalue weighted by Crippen LogP contribution is -2.49. The smallest absolute Gasteiger partial charge is 0.238 e. The second kappa shape index (κ2) is 9.60. The largest absolute Gasteiger partial charge is 0.365 e. The first-order chi connectivity index (χ1) is 16.2. The molecule has 1 amide bonds. The van der Waals surface area contributed by atoms with Crippen molar-refractivity contribution in [3.05, 3.63) is 83.3 Å². The Morgan fingerprint density at radius 3 is 2.55 bits per heavy atom. The first-order valence-electron chi connectivity index (χ1n) is 11.0. The van der Waals surface area contributed by atoms with Gasteiger partial charge in [-0.3, -0.25) is 9.69 Å². The van der Waals surface area contributed by atoms with Gasteiger partial charge in [0.05, 0.1) is 12.2 Å². The zero-order valence-electron chi connectivity index (χ0n) is 18.2. The van der Waals surface area contributed by atoms with Crippen LogP contribution in [0.3, 0.4) is 0 Å². The van der Waals surface area contributed by atoms with Gasteiger partial charge in [-0.2, -0.15) is 5.10 Å². The molecule has 1 fully saturated rings. The molecular formula is C25H25ClN6O. The molecule has 1 saturated heterocycles. The van der Waals surface area contributed by atoms with Crippen LogP contribution >= 0.6 is 11.6 Å². The molecule has 3 heterocycles. The molecule has 0 unspecified atom stereocenters. The van der Waals surface area contributed by atoms with Crippen molar-refractivity contribution in [2.24, 2.45) is 0 Å². The monoisotopic (exact) mass is 460 g/mol. The zero-order chi connectivity index (χ0) is 22.6. The van der Waals surface area contributed by atoms with Gasteiger partial charge in [-0.25, -0.2) is 0 Å². The Kier molecular flexibility index (Phi) is 6.24. The molecule has 0 radical (unpaired) electrons. The van der Waals surface area contributed by atoms with Gasteiger partial charge in [-0.1, -0.05) is 41.9 Å². The predicted molar refractivity (Wildman–Crippen MR) is 132 cm³/mol. The summed E-state index contributed by atoms with van der Waals surface area (Å²) in [6.07, 6.45) is 2.64. The Hall–Kier alpha value is -3.42. The van der Waals surface area contributed by atoms with Crippen LogP contribution in [0.15, 0.2) is 66.9 Å². The molecule has 1 aliphatic heterocycles. The van der Waals surface area contributed by atoms with Gasteiger partial charge in [0.2, 0.25) is 5.91 Å². The summed E-state index contributed by atoms with van der Waals surface area (Å²) in [5.41, 5.74) is 2.80. The van der Waals surface area contributed by atoms with Crippen LogP contribution in [0.25, 0.3) is 10.8 Å². The normalized spacial score (nSPS) is 14.5. The summed E-state index contributed by atoms with van der Waals surface area (Å²) >= 11 is 6.00. The molecule has 33 heavy (non-hydrogen) atoms. The van der Waals surface area contributed by atoms with Gasteiger partial charge in [-0.05, 0) is 30.3 Å². The molecule has 8 heteroatoms. The molecule has 2 aromatic heterocycles. The number of carbonyl (C=O) groups is 1. The van der Waals surface area contributed by atoms with E-state index < -0.39 is 0 Å². The number of fused-ring (bicyclic) bond motifs is 1. The number of benzene rings is 2. The van der Waals surface area contributed by atoms with Crippen molar-refractivity contribution in [3.63, 3.8) is 0 Å². The maximum atomic E-state index is 12.5. The van der Waals surface area contributed by atoms with Crippen LogP contribution in [0.2, 0.25) is 5.02 Å². The maximum Gasteiger partial charge on any atom is 0.238 e. The highest BCUT2D eigenvalue weighted by molar-refractivity contribution is 6.30. The van der Waals surface area contributed by atoms with E-state index in [1.165, 1.54) is 0 Å². The lowest BCUT2D eigenvalue weighted by Gasteiger charge is -2.35. The molecule has 0 saturated carbocycles. The summed E-state index contributed by atoms with van der Waals surface area (Å²) in [6.45, 7) is 3.49. The van der Waals surface area contributed by atoms with Crippen molar-refractivity contribution in [1.82, 2.24) is 20.1 Å². The topological polar surface area (TPSA) is 77.2 Å². The number of anilines is 2. The predicted octanol–water partition coefficient (Wildman–Crippen LogP) is 3.96. The summed E-state index contributed by atoms with van der Waals surface area (Å²) in [7, 11) is 0. The van der Waals surface area contributed by atoms with Crippen molar-refractivity contribution in [2.45, 2.75) is 6.42 Å². The van der Waals surface area contributed by atoms with Crippen LogP contribution in [0.4, 0.5) is 11.5 Å². The highest BCUT2D eigenvalue weighted by atomic mass is 35.5. The minimum Gasteiger partial charge on any atom is -0.365 e. The Morgan fingerprint density at radius 2 is 1.79 bits per heavy atom. The van der Waals surface area contributed by atoms with E-state index in [1.54, 1.807) is 12.1 Å². The standard InChI is InChI=1S/C25H25ClN6O/c26-18-5-3-6-20(15-18)28-24(33)17-31-11-13-32(14-12-31)25-22-9-2-1-8-21(22)23(29-30-25)16-19-7-4-10-27-19/h1-10,15,27H,11-14,16-17H2,(H,28,33). The minimum atomic E-state index is -0.0374. The molecule has 5 rings (SSSR count). The number of nitrogens with zero attached hydrogens (tertiary/aromatic N) is 4. The third-order valence-electron chi connectivity index (χ3n) is 5.91. The molecule has 2 N–H and O–H groups in total. The average Bonchev–Trinajstić information content (AvgIpc) is 3.33. The number of piperazine rings is 1. The Balaban J connectivity index is 1.24. The number of halogens is 1. The third kappa shape index (κ3) is 4.99. The van der Waals surface area contributed by atoms with Gasteiger partial charge in [-0.15, -0.1) is 5.10 Å². The average molecular weight is 461 g/mol. The van der Waals surface area contributed by atoms with Crippen molar-refractivity contribution < 1.29 is 4.79 Å². The molecule has 1 aliphatic rings. The van der Waals surface area contributed by atoms with E-state index in [4.69, 9.17) is 11.6 Å². The number of H-pyrrole nitrogens is 1. The van der Waals surface area contributed by atoms with E-state index in [9.17, 15) is 4.79 Å². The quantitative estimate of drug-likeness (QED) is 0.455. The number of hydrogen-bond acceptors (Lipinski definition) is 5. The minimum absolute atomic E-state index is 0.0374. The van der Waals surface area contributed by atoms with Crippen molar-refractivity contribution >= 4 is 39.8 Å². The van der Waals surface area contributed by atoms with Crippen LogP contribution in [-0.2, 0) is 11.2 Å². The molecule has 0 bridgehead atoms. The molecule has 0 atom stereocenters. The number of aromatic amines is 1. The molecule has 168 valence electrons. The van der Waals surface area contributed by atoms with Gasteiger partial charge >= 0.3 is 0 Å². The van der Waals surface area contributed by atoms with Gasteiger partial charge < -0.3 is 15.2 Å². The summed E-state index contributed by atoms with van der Waals surface area (Å²) in [6, 6.07) is 19.6. The van der Waals surface area contributed by atoms with Crippen molar-refractivity contribution in [3.8, 4) is 0 Å². The molecule has 0 spiro atoms. The Labute approximate surface area is 197 Å². The van der Waals surface area contributed by atoms with Crippen LogP contribution in [0, 0.1) is 0 Å². The maximum absolute atomic E-state index is 12.5. The van der Waals surface area contributed by atoms with Crippen LogP contribution in [-0.4, -0.2) is 58.7 Å². The molecule has 0 aliphatic carbocycles. The number of hydrogen-bond donors (Lipinski definition) is 2. The molecule has 2 aromatic carbocycles. The summed E-state index contributed by atoms with van der Waals surface area (Å²) in [5, 5.41) is 15.0. The number of nitrogens with one attached hydrogen (secondary N) is 2. The summed E-state index contributed by atoms with van der Waals surface area (Å²) < 4.78 is 0. The lowest BCUT2D eigenvalue weighted by molar-refractivity contribution is -0.117. The Bertz CT molecular complexity index is 1250. The second-order valence-electron chi connectivity index (χ2n) is 8.21. The SMILES string of the molecule is O=C(CN1CCN(c2nnc(Cc3ccc[nH]3)c3ccccc23)CC1)Nc1cccc(Cl)c1. The van der Waals surface area contributed by atoms with E-state index in [-0.39, 0.29) is 5.91 Å². The number of rotatable bonds is 6. The molecule has 7 nitrogen and oxygen atoms in total. The van der Waals surface area contributed by atoms with Crippen molar-refractivity contribution in [1.29, 1.82) is 0 Å². The lowest BCUT2D eigenvalue weighted by atomic mass is 10.1. The van der Waals surface area contributed by atoms with Gasteiger partial charge in [0.25, 0.3) is 0 Å². The first-order valence-corrected chi connectivity index (χ1v) is 11.4. The van der Waals surface area contributed by atoms with Gasteiger partial charge in [0.15, 0.2) is 5.82 Å². The van der Waals surface area contributed by atoms with Crippen LogP contribution in [0.5, 0.6) is 0 Å².